The highest BCUT2D eigenvalue weighted by Crippen LogP contribution is 2.22. The smallest absolute Gasteiger partial charge is 0.269 e. The van der Waals surface area contributed by atoms with Crippen molar-refractivity contribution in [3.05, 3.63) is 88.2 Å². The molecular weight excluding hydrogens is 548 g/mol. The van der Waals surface area contributed by atoms with Gasteiger partial charge in [0.25, 0.3) is 27.7 Å². The number of sulfonamides is 1. The molecule has 0 bridgehead atoms. The highest BCUT2D eigenvalue weighted by molar-refractivity contribution is 7.90. The molecule has 0 aliphatic rings. The first-order valence-corrected chi connectivity index (χ1v) is 13.5. The summed E-state index contributed by atoms with van der Waals surface area (Å²) in [5, 5.41) is 5.64. The van der Waals surface area contributed by atoms with E-state index in [1.165, 1.54) is 44.6 Å². The summed E-state index contributed by atoms with van der Waals surface area (Å²) in [5.41, 5.74) is 1.09. The molecule has 39 heavy (non-hydrogen) atoms. The zero-order valence-corrected chi connectivity index (χ0v) is 22.8. The van der Waals surface area contributed by atoms with E-state index in [1.807, 2.05) is 4.72 Å². The number of carbonyl (C=O) groups excluding carboxylic acids is 3. The van der Waals surface area contributed by atoms with E-state index in [1.54, 1.807) is 24.3 Å². The zero-order chi connectivity index (χ0) is 28.4. The van der Waals surface area contributed by atoms with Crippen LogP contribution in [0.2, 0.25) is 5.02 Å². The number of hydrogen-bond donors (Lipinski definition) is 3. The van der Waals surface area contributed by atoms with E-state index in [0.717, 1.165) is 11.8 Å². The third-order valence-corrected chi connectivity index (χ3v) is 7.10. The molecule has 0 saturated carbocycles. The highest BCUT2D eigenvalue weighted by atomic mass is 35.5. The van der Waals surface area contributed by atoms with Crippen molar-refractivity contribution < 1.29 is 32.3 Å². The fourth-order valence-electron chi connectivity index (χ4n) is 3.32. The van der Waals surface area contributed by atoms with Crippen molar-refractivity contribution in [2.75, 3.05) is 33.9 Å². The molecule has 0 spiro atoms. The first kappa shape index (κ1) is 29.6. The number of halogens is 1. The summed E-state index contributed by atoms with van der Waals surface area (Å²) < 4.78 is 37.3. The van der Waals surface area contributed by atoms with Gasteiger partial charge < -0.3 is 20.1 Å². The normalized spacial score (nSPS) is 10.9. The van der Waals surface area contributed by atoms with Crippen molar-refractivity contribution in [1.82, 2.24) is 20.3 Å². The van der Waals surface area contributed by atoms with Crippen LogP contribution >= 0.6 is 11.6 Å². The third kappa shape index (κ3) is 8.24. The number of nitrogens with one attached hydrogen (secondary N) is 3. The van der Waals surface area contributed by atoms with E-state index < -0.39 is 21.8 Å². The van der Waals surface area contributed by atoms with Crippen LogP contribution in [-0.2, 0) is 21.2 Å². The fraction of sp³-hybridized carbons (Fsp3) is 0.231. The first-order valence-electron chi connectivity index (χ1n) is 11.7. The number of nitrogens with zero attached hydrogens (tertiary/aromatic N) is 1. The monoisotopic (exact) mass is 574 g/mol. The van der Waals surface area contributed by atoms with Gasteiger partial charge in [0.15, 0.2) is 0 Å². The molecule has 0 unspecified atom stereocenters. The molecule has 1 heterocycles. The molecule has 11 nitrogen and oxygen atoms in total. The van der Waals surface area contributed by atoms with Crippen LogP contribution in [0.1, 0.15) is 36.8 Å². The molecule has 0 aliphatic carbocycles. The second-order valence-corrected chi connectivity index (χ2v) is 10.2. The van der Waals surface area contributed by atoms with Crippen molar-refractivity contribution in [1.29, 1.82) is 0 Å². The van der Waals surface area contributed by atoms with Gasteiger partial charge in [-0.3, -0.25) is 19.4 Å². The van der Waals surface area contributed by atoms with Gasteiger partial charge in [-0.25, -0.2) is 13.1 Å². The molecule has 13 heteroatoms. The van der Waals surface area contributed by atoms with Crippen molar-refractivity contribution in [2.24, 2.45) is 0 Å². The predicted octanol–water partition coefficient (Wildman–Crippen LogP) is 2.21. The Hall–Kier alpha value is -4.00. The number of ether oxygens (including phenoxy) is 2. The Labute approximate surface area is 230 Å². The average molecular weight is 575 g/mol. The Balaban J connectivity index is 1.54. The van der Waals surface area contributed by atoms with Gasteiger partial charge in [0, 0.05) is 26.4 Å². The maximum Gasteiger partial charge on any atom is 0.269 e. The number of aromatic nitrogens is 1. The van der Waals surface area contributed by atoms with Crippen molar-refractivity contribution in [3.8, 4) is 5.75 Å². The molecule has 2 aromatic carbocycles. The minimum Gasteiger partial charge on any atom is -0.497 e. The SMILES string of the molecule is COCCNC(=O)c1ccc(C(=O)NS(=O)(=O)c2ccc(CCNC(=O)c3cc(OC)ccc3Cl)cc2)cn1. The Bertz CT molecular complexity index is 1430. The van der Waals surface area contributed by atoms with Crippen LogP contribution in [0.5, 0.6) is 5.75 Å². The van der Waals surface area contributed by atoms with Crippen molar-refractivity contribution in [3.63, 3.8) is 0 Å². The Morgan fingerprint density at radius 2 is 1.62 bits per heavy atom. The van der Waals surface area contributed by atoms with Crippen LogP contribution in [-0.4, -0.2) is 65.0 Å². The van der Waals surface area contributed by atoms with E-state index in [4.69, 9.17) is 21.1 Å². The maximum atomic E-state index is 12.7. The van der Waals surface area contributed by atoms with E-state index in [2.05, 4.69) is 15.6 Å². The fourth-order valence-corrected chi connectivity index (χ4v) is 4.49. The van der Waals surface area contributed by atoms with Crippen molar-refractivity contribution >= 4 is 39.3 Å². The number of rotatable bonds is 12. The summed E-state index contributed by atoms with van der Waals surface area (Å²) >= 11 is 6.09. The predicted molar refractivity (Wildman–Crippen MR) is 144 cm³/mol. The van der Waals surface area contributed by atoms with E-state index in [0.29, 0.717) is 30.3 Å². The Morgan fingerprint density at radius 1 is 0.897 bits per heavy atom. The number of methoxy groups -OCH3 is 2. The van der Waals surface area contributed by atoms with Gasteiger partial charge in [0.2, 0.25) is 0 Å². The molecular formula is C26H27ClN4O7S. The lowest BCUT2D eigenvalue weighted by molar-refractivity contribution is 0.0927. The summed E-state index contributed by atoms with van der Waals surface area (Å²) in [7, 11) is -1.17. The Morgan fingerprint density at radius 3 is 2.26 bits per heavy atom. The molecule has 3 aromatic rings. The molecule has 206 valence electrons. The average Bonchev–Trinajstić information content (AvgIpc) is 2.93. The number of pyridine rings is 1. The summed E-state index contributed by atoms with van der Waals surface area (Å²) in [6, 6.07) is 13.3. The number of hydrogen-bond acceptors (Lipinski definition) is 8. The standard InChI is InChI=1S/C26H27ClN4O7S/c1-37-14-13-29-26(34)23-10-5-18(16-30-23)24(32)31-39(35,36)20-7-3-17(4-8-20)11-12-28-25(33)21-15-19(38-2)6-9-22(21)27/h3-10,15-16H,11-14H2,1-2H3,(H,28,33)(H,29,34)(H,31,32). The van der Waals surface area contributed by atoms with Crippen LogP contribution < -0.4 is 20.1 Å². The lowest BCUT2D eigenvalue weighted by Gasteiger charge is -2.10. The van der Waals surface area contributed by atoms with E-state index in [9.17, 15) is 22.8 Å². The first-order chi connectivity index (χ1) is 18.6. The van der Waals surface area contributed by atoms with E-state index >= 15 is 0 Å². The lowest BCUT2D eigenvalue weighted by atomic mass is 10.1. The molecule has 0 fully saturated rings. The van der Waals surface area contributed by atoms with Gasteiger partial charge in [-0.05, 0) is 54.4 Å². The molecule has 3 rings (SSSR count). The quantitative estimate of drug-likeness (QED) is 0.278. The lowest BCUT2D eigenvalue weighted by Crippen LogP contribution is -2.31. The summed E-state index contributed by atoms with van der Waals surface area (Å²) in [6.45, 7) is 0.910. The summed E-state index contributed by atoms with van der Waals surface area (Å²) in [4.78, 5) is 40.7. The molecule has 3 N–H and O–H groups in total. The second kappa shape index (κ2) is 13.7. The third-order valence-electron chi connectivity index (χ3n) is 5.43. The summed E-state index contributed by atoms with van der Waals surface area (Å²) in [5.74, 6) is -1.20. The van der Waals surface area contributed by atoms with E-state index in [-0.39, 0.29) is 34.2 Å². The van der Waals surface area contributed by atoms with Crippen LogP contribution in [0.15, 0.2) is 65.7 Å². The van der Waals surface area contributed by atoms with Gasteiger partial charge in [-0.1, -0.05) is 23.7 Å². The van der Waals surface area contributed by atoms with Gasteiger partial charge >= 0.3 is 0 Å². The number of carbonyl (C=O) groups is 3. The maximum absolute atomic E-state index is 12.7. The van der Waals surface area contributed by atoms with Crippen LogP contribution in [0.4, 0.5) is 0 Å². The largest absolute Gasteiger partial charge is 0.497 e. The second-order valence-electron chi connectivity index (χ2n) is 8.11. The molecule has 3 amide bonds. The van der Waals surface area contributed by atoms with Crippen LogP contribution in [0.3, 0.4) is 0 Å². The van der Waals surface area contributed by atoms with Gasteiger partial charge in [-0.2, -0.15) is 0 Å². The Kier molecular flexibility index (Phi) is 10.4. The topological polar surface area (TPSA) is 153 Å². The van der Waals surface area contributed by atoms with Gasteiger partial charge in [-0.15, -0.1) is 0 Å². The minimum atomic E-state index is -4.16. The molecule has 0 atom stereocenters. The highest BCUT2D eigenvalue weighted by Gasteiger charge is 2.20. The molecule has 1 aromatic heterocycles. The minimum absolute atomic E-state index is 0.0319. The van der Waals surface area contributed by atoms with Gasteiger partial charge in [0.05, 0.1) is 34.8 Å². The molecule has 0 radical (unpaired) electrons. The van der Waals surface area contributed by atoms with Crippen LogP contribution in [0, 0.1) is 0 Å². The van der Waals surface area contributed by atoms with Crippen LogP contribution in [0.25, 0.3) is 0 Å². The number of amides is 3. The van der Waals surface area contributed by atoms with Crippen molar-refractivity contribution in [2.45, 2.75) is 11.3 Å². The zero-order valence-electron chi connectivity index (χ0n) is 21.2. The number of benzene rings is 2. The summed E-state index contributed by atoms with van der Waals surface area (Å²) in [6.07, 6.45) is 1.54. The molecule has 0 saturated heterocycles. The van der Waals surface area contributed by atoms with Gasteiger partial charge in [0.1, 0.15) is 11.4 Å². The molecule has 0 aliphatic heterocycles.